The highest BCUT2D eigenvalue weighted by molar-refractivity contribution is 6.23. The van der Waals surface area contributed by atoms with E-state index in [1.54, 1.807) is 91.0 Å². The molecule has 5 N–H and O–H groups in total. The zero-order valence-corrected chi connectivity index (χ0v) is 19.4. The number of anilines is 4. The number of nitrogens with one attached hydrogen (secondary N) is 4. The van der Waals surface area contributed by atoms with Crippen LogP contribution in [0.5, 0.6) is 0 Å². The van der Waals surface area contributed by atoms with Gasteiger partial charge >= 0.3 is 6.09 Å². The lowest BCUT2D eigenvalue weighted by molar-refractivity contribution is 0.0978. The Hall–Kier alpha value is -5.44. The van der Waals surface area contributed by atoms with E-state index in [4.69, 9.17) is 0 Å². The summed E-state index contributed by atoms with van der Waals surface area (Å²) < 4.78 is 0. The Balaban J connectivity index is 1.85. The molecule has 0 aliphatic rings. The number of amides is 4. The van der Waals surface area contributed by atoms with E-state index >= 15 is 0 Å². The molecule has 9 nitrogen and oxygen atoms in total. The maximum absolute atomic E-state index is 13.6. The summed E-state index contributed by atoms with van der Waals surface area (Å²) in [7, 11) is 0. The van der Waals surface area contributed by atoms with E-state index in [9.17, 15) is 24.3 Å². The lowest BCUT2D eigenvalue weighted by atomic mass is 9.96. The van der Waals surface area contributed by atoms with Crippen molar-refractivity contribution in [3.8, 4) is 0 Å². The smallest absolute Gasteiger partial charge is 0.409 e. The second kappa shape index (κ2) is 11.3. The van der Waals surface area contributed by atoms with E-state index < -0.39 is 23.8 Å². The predicted molar refractivity (Wildman–Crippen MR) is 141 cm³/mol. The van der Waals surface area contributed by atoms with Gasteiger partial charge in [0.1, 0.15) is 0 Å². The number of carbonyl (C=O) groups excluding carboxylic acids is 3. The van der Waals surface area contributed by atoms with Crippen LogP contribution in [0.4, 0.5) is 27.5 Å². The van der Waals surface area contributed by atoms with Gasteiger partial charge in [-0.1, -0.05) is 54.6 Å². The summed E-state index contributed by atoms with van der Waals surface area (Å²) in [5.41, 5.74) is 0.444. The van der Waals surface area contributed by atoms with Crippen molar-refractivity contribution < 1.29 is 24.3 Å². The molecule has 0 aliphatic heterocycles. The zero-order valence-electron chi connectivity index (χ0n) is 19.4. The molecule has 0 heterocycles. The molecule has 0 atom stereocenters. The summed E-state index contributed by atoms with van der Waals surface area (Å²) in [5, 5.41) is 19.6. The van der Waals surface area contributed by atoms with E-state index in [0.717, 1.165) is 0 Å². The second-order valence-electron chi connectivity index (χ2n) is 7.80. The van der Waals surface area contributed by atoms with Crippen molar-refractivity contribution in [2.45, 2.75) is 0 Å². The van der Waals surface area contributed by atoms with Crippen molar-refractivity contribution >= 4 is 46.6 Å². The number of para-hydroxylation sites is 3. The normalized spacial score (nSPS) is 10.2. The van der Waals surface area contributed by atoms with Crippen LogP contribution in [0.2, 0.25) is 0 Å². The molecule has 0 saturated heterocycles. The van der Waals surface area contributed by atoms with Gasteiger partial charge in [-0.2, -0.15) is 0 Å². The Bertz CT molecular complexity index is 1440. The zero-order chi connectivity index (χ0) is 26.2. The van der Waals surface area contributed by atoms with Gasteiger partial charge < -0.3 is 21.1 Å². The van der Waals surface area contributed by atoms with Crippen LogP contribution in [0, 0.1) is 0 Å². The molecule has 37 heavy (non-hydrogen) atoms. The largest absolute Gasteiger partial charge is 0.465 e. The van der Waals surface area contributed by atoms with E-state index in [0.29, 0.717) is 17.1 Å². The molecule has 0 aromatic heterocycles. The molecule has 0 fully saturated rings. The van der Waals surface area contributed by atoms with Gasteiger partial charge in [0, 0.05) is 17.1 Å². The van der Waals surface area contributed by atoms with E-state index in [2.05, 4.69) is 21.3 Å². The Labute approximate surface area is 212 Å². The molecule has 0 radical (unpaired) electrons. The van der Waals surface area contributed by atoms with Crippen LogP contribution in [-0.4, -0.2) is 28.9 Å². The molecule has 184 valence electrons. The Morgan fingerprint density at radius 1 is 0.459 bits per heavy atom. The Morgan fingerprint density at radius 2 is 0.865 bits per heavy atom. The first-order valence-electron chi connectivity index (χ1n) is 11.2. The first-order valence-corrected chi connectivity index (χ1v) is 11.2. The first kappa shape index (κ1) is 24.7. The third kappa shape index (κ3) is 6.17. The molecule has 0 aliphatic carbocycles. The van der Waals surface area contributed by atoms with Gasteiger partial charge in [0.25, 0.3) is 17.7 Å². The minimum atomic E-state index is -1.44. The van der Waals surface area contributed by atoms with Gasteiger partial charge in [0.05, 0.1) is 22.4 Å². The summed E-state index contributed by atoms with van der Waals surface area (Å²) in [6.45, 7) is 0. The quantitative estimate of drug-likeness (QED) is 0.230. The maximum atomic E-state index is 13.6. The summed E-state index contributed by atoms with van der Waals surface area (Å²) in [5.74, 6) is -2.20. The van der Waals surface area contributed by atoms with Crippen LogP contribution in [0.3, 0.4) is 0 Å². The highest BCUT2D eigenvalue weighted by Gasteiger charge is 2.28. The molecule has 9 heteroatoms. The second-order valence-corrected chi connectivity index (χ2v) is 7.80. The molecule has 4 aromatic carbocycles. The Kier molecular flexibility index (Phi) is 7.55. The fraction of sp³-hybridized carbons (Fsp3) is 0. The topological polar surface area (TPSA) is 137 Å². The molecular weight excluding hydrogens is 472 g/mol. The highest BCUT2D eigenvalue weighted by atomic mass is 16.4. The molecule has 0 bridgehead atoms. The van der Waals surface area contributed by atoms with Gasteiger partial charge in [0.2, 0.25) is 0 Å². The number of hydrogen-bond acceptors (Lipinski definition) is 4. The van der Waals surface area contributed by atoms with Crippen LogP contribution in [0.15, 0.2) is 103 Å². The molecule has 0 unspecified atom stereocenters. The maximum Gasteiger partial charge on any atom is 0.409 e. The lowest BCUT2D eigenvalue weighted by Crippen LogP contribution is -2.27. The molecule has 4 rings (SSSR count). The standard InChI is InChI=1S/C28H22N4O5/c33-25(29-18-10-4-1-5-11-18)21-16-17-22(32-28(36)37)24(27(35)31-20-14-8-3-9-15-20)23(21)26(34)30-19-12-6-2-7-13-19/h1-17,32H,(H,29,33)(H,30,34)(H,31,35)(H,36,37). The van der Waals surface area contributed by atoms with Crippen molar-refractivity contribution in [1.82, 2.24) is 0 Å². The minimum absolute atomic E-state index is 0.119. The van der Waals surface area contributed by atoms with Crippen molar-refractivity contribution in [3.05, 3.63) is 120 Å². The minimum Gasteiger partial charge on any atom is -0.465 e. The Morgan fingerprint density at radius 3 is 1.30 bits per heavy atom. The van der Waals surface area contributed by atoms with Gasteiger partial charge in [-0.3, -0.25) is 19.7 Å². The number of benzene rings is 4. The van der Waals surface area contributed by atoms with Crippen molar-refractivity contribution in [2.75, 3.05) is 21.3 Å². The van der Waals surface area contributed by atoms with Gasteiger partial charge in [0.15, 0.2) is 0 Å². The summed E-state index contributed by atoms with van der Waals surface area (Å²) in [6, 6.07) is 28.1. The summed E-state index contributed by atoms with van der Waals surface area (Å²) in [6.07, 6.45) is -1.44. The molecule has 0 spiro atoms. The van der Waals surface area contributed by atoms with Gasteiger partial charge in [-0.15, -0.1) is 0 Å². The van der Waals surface area contributed by atoms with Crippen LogP contribution in [0.25, 0.3) is 0 Å². The predicted octanol–water partition coefficient (Wildman–Crippen LogP) is 5.53. The number of carboxylic acid groups (broad SMARTS) is 1. The number of hydrogen-bond donors (Lipinski definition) is 5. The van der Waals surface area contributed by atoms with E-state index in [-0.39, 0.29) is 22.4 Å². The van der Waals surface area contributed by atoms with Crippen LogP contribution in [-0.2, 0) is 0 Å². The van der Waals surface area contributed by atoms with Gasteiger partial charge in [-0.25, -0.2) is 4.79 Å². The lowest BCUT2D eigenvalue weighted by Gasteiger charge is -2.18. The monoisotopic (exact) mass is 494 g/mol. The first-order chi connectivity index (χ1) is 17.9. The van der Waals surface area contributed by atoms with Crippen LogP contribution in [0.1, 0.15) is 31.1 Å². The van der Waals surface area contributed by atoms with Crippen molar-refractivity contribution in [2.24, 2.45) is 0 Å². The fourth-order valence-electron chi connectivity index (χ4n) is 3.63. The summed E-state index contributed by atoms with van der Waals surface area (Å²) in [4.78, 5) is 51.8. The average Bonchev–Trinajstić information content (AvgIpc) is 2.89. The van der Waals surface area contributed by atoms with Crippen molar-refractivity contribution in [3.63, 3.8) is 0 Å². The third-order valence-corrected chi connectivity index (χ3v) is 5.24. The van der Waals surface area contributed by atoms with Gasteiger partial charge in [-0.05, 0) is 48.5 Å². The van der Waals surface area contributed by atoms with Crippen LogP contribution >= 0.6 is 0 Å². The molecular formula is C28H22N4O5. The van der Waals surface area contributed by atoms with Crippen LogP contribution < -0.4 is 21.3 Å². The average molecular weight is 495 g/mol. The summed E-state index contributed by atoms with van der Waals surface area (Å²) >= 11 is 0. The highest BCUT2D eigenvalue weighted by Crippen LogP contribution is 2.28. The third-order valence-electron chi connectivity index (χ3n) is 5.24. The van der Waals surface area contributed by atoms with E-state index in [1.807, 2.05) is 0 Å². The number of rotatable bonds is 7. The van der Waals surface area contributed by atoms with Crippen molar-refractivity contribution in [1.29, 1.82) is 0 Å². The van der Waals surface area contributed by atoms with E-state index in [1.165, 1.54) is 12.1 Å². The molecule has 4 aromatic rings. The SMILES string of the molecule is O=C(O)Nc1ccc(C(=O)Nc2ccccc2)c(C(=O)Nc2ccccc2)c1C(=O)Nc1ccccc1. The number of carbonyl (C=O) groups is 4. The molecule has 0 saturated carbocycles. The fourth-order valence-corrected chi connectivity index (χ4v) is 3.63. The molecule has 4 amide bonds.